The monoisotopic (exact) mass is 366 g/mol. The molecule has 26 heavy (non-hydrogen) atoms. The smallest absolute Gasteiger partial charge is 0.223 e. The summed E-state index contributed by atoms with van der Waals surface area (Å²) in [6.07, 6.45) is 4.96. The van der Waals surface area contributed by atoms with Crippen LogP contribution in [0.2, 0.25) is 0 Å². The molecule has 5 nitrogen and oxygen atoms in total. The van der Waals surface area contributed by atoms with Crippen LogP contribution in [0.5, 0.6) is 0 Å². The van der Waals surface area contributed by atoms with Crippen LogP contribution in [-0.2, 0) is 17.8 Å². The van der Waals surface area contributed by atoms with Crippen molar-refractivity contribution in [3.8, 4) is 0 Å². The number of fused-ring (bicyclic) bond motifs is 1. The van der Waals surface area contributed by atoms with Gasteiger partial charge < -0.3 is 4.90 Å². The minimum atomic E-state index is 0.232. The minimum Gasteiger partial charge on any atom is -0.339 e. The summed E-state index contributed by atoms with van der Waals surface area (Å²) in [5, 5.41) is 1.05. The molecule has 0 radical (unpaired) electrons. The number of rotatable bonds is 6. The van der Waals surface area contributed by atoms with E-state index in [1.165, 1.54) is 10.3 Å². The molecule has 1 amide bonds. The Bertz CT molecular complexity index is 856. The molecule has 1 aliphatic rings. The lowest BCUT2D eigenvalue weighted by Crippen LogP contribution is -2.59. The van der Waals surface area contributed by atoms with Gasteiger partial charge in [0.05, 0.1) is 15.2 Å². The van der Waals surface area contributed by atoms with E-state index >= 15 is 0 Å². The first kappa shape index (κ1) is 17.1. The summed E-state index contributed by atoms with van der Waals surface area (Å²) in [7, 11) is 2.11. The Morgan fingerprint density at radius 1 is 1.27 bits per heavy atom. The van der Waals surface area contributed by atoms with E-state index in [-0.39, 0.29) is 5.91 Å². The first-order valence-electron chi connectivity index (χ1n) is 8.90. The number of pyridine rings is 1. The van der Waals surface area contributed by atoms with Gasteiger partial charge in [-0.1, -0.05) is 18.2 Å². The third kappa shape index (κ3) is 3.76. The molecule has 0 atom stereocenters. The molecule has 1 saturated heterocycles. The molecule has 1 aromatic carbocycles. The zero-order chi connectivity index (χ0) is 17.9. The number of carbonyl (C=O) groups excluding carboxylic acids is 1. The van der Waals surface area contributed by atoms with E-state index in [9.17, 15) is 4.79 Å². The van der Waals surface area contributed by atoms with Gasteiger partial charge >= 0.3 is 0 Å². The van der Waals surface area contributed by atoms with Gasteiger partial charge in [0.15, 0.2) is 0 Å². The van der Waals surface area contributed by atoms with Gasteiger partial charge in [-0.25, -0.2) is 4.98 Å². The van der Waals surface area contributed by atoms with E-state index in [0.717, 1.165) is 36.6 Å². The second-order valence-corrected chi connectivity index (χ2v) is 7.92. The molecule has 2 aromatic heterocycles. The Hall–Kier alpha value is -2.31. The number of nitrogens with zero attached hydrogens (tertiary/aromatic N) is 4. The predicted octanol–water partition coefficient (Wildman–Crippen LogP) is 2.97. The Morgan fingerprint density at radius 3 is 2.88 bits per heavy atom. The van der Waals surface area contributed by atoms with Gasteiger partial charge in [-0.3, -0.25) is 14.7 Å². The van der Waals surface area contributed by atoms with E-state index < -0.39 is 0 Å². The molecule has 0 saturated carbocycles. The van der Waals surface area contributed by atoms with Crippen LogP contribution in [-0.4, -0.2) is 51.9 Å². The average molecular weight is 366 g/mol. The van der Waals surface area contributed by atoms with Gasteiger partial charge in [-0.2, -0.15) is 0 Å². The number of likely N-dealkylation sites (tertiary alicyclic amines) is 1. The van der Waals surface area contributed by atoms with Crippen molar-refractivity contribution in [2.45, 2.75) is 25.4 Å². The van der Waals surface area contributed by atoms with E-state index in [0.29, 0.717) is 12.5 Å². The maximum Gasteiger partial charge on any atom is 0.223 e. The normalized spacial score (nSPS) is 14.8. The SMILES string of the molecule is CN(Cc1cccnc1)C1CN(C(=O)CCc2nc3ccccc3s2)C1. The van der Waals surface area contributed by atoms with Gasteiger partial charge in [0.1, 0.15) is 0 Å². The molecule has 1 fully saturated rings. The molecule has 6 heteroatoms. The summed E-state index contributed by atoms with van der Waals surface area (Å²) in [5.41, 5.74) is 2.23. The fourth-order valence-electron chi connectivity index (χ4n) is 3.25. The number of para-hydroxylation sites is 1. The molecule has 134 valence electrons. The van der Waals surface area contributed by atoms with E-state index in [1.807, 2.05) is 35.4 Å². The number of aromatic nitrogens is 2. The van der Waals surface area contributed by atoms with Crippen molar-refractivity contribution in [1.29, 1.82) is 0 Å². The molecule has 3 heterocycles. The minimum absolute atomic E-state index is 0.232. The Kier molecular flexibility index (Phi) is 4.95. The molecule has 0 N–H and O–H groups in total. The molecule has 0 unspecified atom stereocenters. The van der Waals surface area contributed by atoms with Gasteiger partial charge in [0, 0.05) is 50.9 Å². The number of amides is 1. The number of hydrogen-bond acceptors (Lipinski definition) is 5. The number of thiazole rings is 1. The Morgan fingerprint density at radius 2 is 2.12 bits per heavy atom. The van der Waals surface area contributed by atoms with Crippen molar-refractivity contribution < 1.29 is 4.79 Å². The first-order valence-corrected chi connectivity index (χ1v) is 9.72. The number of hydrogen-bond donors (Lipinski definition) is 0. The number of carbonyl (C=O) groups is 1. The maximum atomic E-state index is 12.4. The molecule has 3 aromatic rings. The molecule has 0 bridgehead atoms. The summed E-state index contributed by atoms with van der Waals surface area (Å²) in [5.74, 6) is 0.232. The highest BCUT2D eigenvalue weighted by atomic mass is 32.1. The topological polar surface area (TPSA) is 49.3 Å². The van der Waals surface area contributed by atoms with Crippen LogP contribution in [0.4, 0.5) is 0 Å². The van der Waals surface area contributed by atoms with E-state index in [1.54, 1.807) is 17.5 Å². The average Bonchev–Trinajstić information content (AvgIpc) is 3.02. The summed E-state index contributed by atoms with van der Waals surface area (Å²) in [4.78, 5) is 25.4. The van der Waals surface area contributed by atoms with Gasteiger partial charge in [-0.15, -0.1) is 11.3 Å². The largest absolute Gasteiger partial charge is 0.339 e. The standard InChI is InChI=1S/C20H22N4OS/c1-23(12-15-5-4-10-21-11-15)16-13-24(14-16)20(25)9-8-19-22-17-6-2-3-7-18(17)26-19/h2-7,10-11,16H,8-9,12-14H2,1H3. The third-order valence-electron chi connectivity index (χ3n) is 4.88. The van der Waals surface area contributed by atoms with Gasteiger partial charge in [0.2, 0.25) is 5.91 Å². The zero-order valence-corrected chi connectivity index (χ0v) is 15.7. The van der Waals surface area contributed by atoms with Gasteiger partial charge in [0.25, 0.3) is 0 Å². The molecule has 0 spiro atoms. The number of likely N-dealkylation sites (N-methyl/N-ethyl adjacent to an activating group) is 1. The fourth-order valence-corrected chi connectivity index (χ4v) is 4.21. The summed E-state index contributed by atoms with van der Waals surface area (Å²) in [6.45, 7) is 2.50. The van der Waals surface area contributed by atoms with Crippen molar-refractivity contribution in [2.75, 3.05) is 20.1 Å². The van der Waals surface area contributed by atoms with Crippen molar-refractivity contribution in [2.24, 2.45) is 0 Å². The highest BCUT2D eigenvalue weighted by Gasteiger charge is 2.32. The lowest BCUT2D eigenvalue weighted by molar-refractivity contribution is -0.138. The van der Waals surface area contributed by atoms with Crippen molar-refractivity contribution >= 4 is 27.5 Å². The maximum absolute atomic E-state index is 12.4. The van der Waals surface area contributed by atoms with Crippen LogP contribution >= 0.6 is 11.3 Å². The molecular weight excluding hydrogens is 344 g/mol. The summed E-state index contributed by atoms with van der Waals surface area (Å²) < 4.78 is 1.19. The Labute approximate surface area is 157 Å². The fraction of sp³-hybridized carbons (Fsp3) is 0.350. The van der Waals surface area contributed by atoms with Crippen molar-refractivity contribution in [3.05, 3.63) is 59.4 Å². The van der Waals surface area contributed by atoms with Gasteiger partial charge in [-0.05, 0) is 30.8 Å². The second kappa shape index (κ2) is 7.51. The quantitative estimate of drug-likeness (QED) is 0.673. The zero-order valence-electron chi connectivity index (χ0n) is 14.8. The highest BCUT2D eigenvalue weighted by Crippen LogP contribution is 2.23. The van der Waals surface area contributed by atoms with Crippen LogP contribution < -0.4 is 0 Å². The predicted molar refractivity (Wildman–Crippen MR) is 104 cm³/mol. The number of aryl methyl sites for hydroxylation is 1. The summed E-state index contributed by atoms with van der Waals surface area (Å²) >= 11 is 1.69. The third-order valence-corrected chi connectivity index (χ3v) is 5.98. The van der Waals surface area contributed by atoms with Crippen molar-refractivity contribution in [1.82, 2.24) is 19.8 Å². The molecular formula is C20H22N4OS. The van der Waals surface area contributed by atoms with Crippen LogP contribution in [0.25, 0.3) is 10.2 Å². The molecule has 4 rings (SSSR count). The lowest BCUT2D eigenvalue weighted by Gasteiger charge is -2.44. The van der Waals surface area contributed by atoms with Crippen LogP contribution in [0.1, 0.15) is 17.0 Å². The molecule has 0 aliphatic carbocycles. The molecule has 1 aliphatic heterocycles. The van der Waals surface area contributed by atoms with Crippen LogP contribution in [0, 0.1) is 0 Å². The second-order valence-electron chi connectivity index (χ2n) is 6.80. The lowest BCUT2D eigenvalue weighted by atomic mass is 10.1. The van der Waals surface area contributed by atoms with Crippen LogP contribution in [0.15, 0.2) is 48.8 Å². The number of benzene rings is 1. The van der Waals surface area contributed by atoms with Crippen molar-refractivity contribution in [3.63, 3.8) is 0 Å². The first-order chi connectivity index (χ1) is 12.7. The van der Waals surface area contributed by atoms with Crippen LogP contribution in [0.3, 0.4) is 0 Å². The highest BCUT2D eigenvalue weighted by molar-refractivity contribution is 7.18. The van der Waals surface area contributed by atoms with E-state index in [4.69, 9.17) is 0 Å². The Balaban J connectivity index is 1.24. The summed E-state index contributed by atoms with van der Waals surface area (Å²) in [6, 6.07) is 12.6. The van der Waals surface area contributed by atoms with E-state index in [2.05, 4.69) is 34.0 Å².